The van der Waals surface area contributed by atoms with E-state index in [4.69, 9.17) is 4.74 Å². The van der Waals surface area contributed by atoms with Crippen LogP contribution in [0.25, 0.3) is 0 Å². The number of ether oxygens (including phenoxy) is 1. The molecule has 7 fully saturated rings. The lowest BCUT2D eigenvalue weighted by atomic mass is 9.57. The number of nitrogens with zero attached hydrogens (tertiary/aromatic N) is 4. The van der Waals surface area contributed by atoms with Crippen LogP contribution >= 0.6 is 0 Å². The van der Waals surface area contributed by atoms with Gasteiger partial charge in [0.1, 0.15) is 13.7 Å². The molecule has 0 radical (unpaired) electrons. The molecule has 8 nitrogen and oxygen atoms in total. The van der Waals surface area contributed by atoms with E-state index < -0.39 is 5.41 Å². The molecule has 11 unspecified atom stereocenters. The molecular formula is C71H119N4O4+. The second kappa shape index (κ2) is 27.6. The first kappa shape index (κ1) is 61.3. The Morgan fingerprint density at radius 3 is 2.00 bits per heavy atom. The molecule has 2 N–H and O–H groups in total. The maximum Gasteiger partial charge on any atom is 0.311 e. The minimum absolute atomic E-state index is 0.0855. The summed E-state index contributed by atoms with van der Waals surface area (Å²) in [5.41, 5.74) is 8.09. The van der Waals surface area contributed by atoms with Gasteiger partial charge >= 0.3 is 5.97 Å². The number of β-amino-alcohol motifs (C(OH)–C–C–N with tert-alkyl or cyclic N) is 1. The van der Waals surface area contributed by atoms with E-state index in [1.54, 1.807) is 28.1 Å². The third-order valence-corrected chi connectivity index (χ3v) is 24.9. The number of aliphatic hydroxyl groups excluding tert-OH is 2. The van der Waals surface area contributed by atoms with E-state index in [1.807, 2.05) is 0 Å². The average molecular weight is 1090 g/mol. The lowest BCUT2D eigenvalue weighted by Crippen LogP contribution is -2.45. The number of likely N-dealkylation sites (tertiary alicyclic amines) is 3. The van der Waals surface area contributed by atoms with Crippen molar-refractivity contribution >= 4 is 11.7 Å². The van der Waals surface area contributed by atoms with Crippen LogP contribution in [0, 0.1) is 75.4 Å². The van der Waals surface area contributed by atoms with Gasteiger partial charge in [-0.25, -0.2) is 4.58 Å². The second-order valence-electron chi connectivity index (χ2n) is 29.6. The van der Waals surface area contributed by atoms with Crippen LogP contribution in [0.15, 0.2) is 46.7 Å². The molecule has 8 heteroatoms. The largest absolute Gasteiger partial charge is 0.463 e. The fourth-order valence-electron chi connectivity index (χ4n) is 20.2. The highest BCUT2D eigenvalue weighted by Gasteiger charge is 2.59. The number of carbonyl (C=O) groups is 1. The monoisotopic (exact) mass is 1090 g/mol. The van der Waals surface area contributed by atoms with E-state index in [1.165, 1.54) is 180 Å². The molecule has 4 saturated carbocycles. The van der Waals surface area contributed by atoms with E-state index in [2.05, 4.69) is 106 Å². The van der Waals surface area contributed by atoms with Crippen molar-refractivity contribution in [1.29, 1.82) is 0 Å². The van der Waals surface area contributed by atoms with Gasteiger partial charge < -0.3 is 29.6 Å². The second-order valence-corrected chi connectivity index (χ2v) is 29.6. The van der Waals surface area contributed by atoms with Crippen LogP contribution in [-0.4, -0.2) is 126 Å². The first-order valence-corrected chi connectivity index (χ1v) is 34.1. The molecule has 0 aromatic heterocycles. The third-order valence-electron chi connectivity index (χ3n) is 24.9. The maximum atomic E-state index is 13.2. The minimum atomic E-state index is -0.506. The number of piperidine rings is 2. The summed E-state index contributed by atoms with van der Waals surface area (Å²) in [6.45, 7) is 24.0. The number of carbonyl (C=O) groups excluding carboxylic acids is 1. The van der Waals surface area contributed by atoms with Gasteiger partial charge in [-0.3, -0.25) is 4.79 Å². The summed E-state index contributed by atoms with van der Waals surface area (Å²) in [5.74, 6) is 8.00. The zero-order valence-corrected chi connectivity index (χ0v) is 52.4. The van der Waals surface area contributed by atoms with E-state index in [-0.39, 0.29) is 36.6 Å². The van der Waals surface area contributed by atoms with Gasteiger partial charge in [-0.05, 0) is 258 Å². The van der Waals surface area contributed by atoms with Crippen LogP contribution in [-0.2, 0) is 9.53 Å². The summed E-state index contributed by atoms with van der Waals surface area (Å²) in [4.78, 5) is 21.2. The predicted molar refractivity (Wildman–Crippen MR) is 328 cm³/mol. The minimum Gasteiger partial charge on any atom is -0.463 e. The van der Waals surface area contributed by atoms with Crippen molar-refractivity contribution in [3.8, 4) is 0 Å². The standard InChI is InChI=1S/C71H119N4O4/c1-10-51(26-27-52(54-39-45-75(46-40-54)47-48-76)36-41-71(7,11-2)68(78)79-50-49-77)53-37-43-74(44-38-53)42-17-16-23-59-55(30-34-64-69(3,4)66-60-24-14-12-19-57(60)28-32-62(66)72(64)8)21-18-22-56(59)31-35-65-70(5,6)67-61-25-15-13-20-58(61)29-33-63(67)73(65)9/h30-31,34-35,51-54,57-58,60-63,66-67,76-77H,10-29,32-33,36-50H2,1-9H3/q+1. The Kier molecular flexibility index (Phi) is 21.4. The van der Waals surface area contributed by atoms with Crippen molar-refractivity contribution in [2.75, 3.05) is 73.2 Å². The fraction of sp³-hybridized carbons (Fsp3) is 0.859. The Balaban J connectivity index is 0.854. The van der Waals surface area contributed by atoms with Gasteiger partial charge in [0.05, 0.1) is 24.0 Å². The van der Waals surface area contributed by atoms with Crippen molar-refractivity contribution in [2.24, 2.45) is 75.4 Å². The highest BCUT2D eigenvalue weighted by Crippen LogP contribution is 2.59. The summed E-state index contributed by atoms with van der Waals surface area (Å²) < 4.78 is 8.29. The molecule has 9 aliphatic rings. The van der Waals surface area contributed by atoms with E-state index in [9.17, 15) is 15.0 Å². The summed E-state index contributed by atoms with van der Waals surface area (Å²) in [7, 11) is 4.91. The molecular weight excluding hydrogens is 973 g/mol. The number of esters is 1. The van der Waals surface area contributed by atoms with Gasteiger partial charge in [0.2, 0.25) is 0 Å². The number of unbranched alkanes of at least 4 members (excludes halogenated alkanes) is 1. The van der Waals surface area contributed by atoms with Gasteiger partial charge in [-0.2, -0.15) is 0 Å². The molecule has 0 spiro atoms. The summed E-state index contributed by atoms with van der Waals surface area (Å²) in [6, 6.07) is 1.41. The SMILES string of the molecule is CCC(CCC(CCC(C)(CC)C(=O)OCCO)C1CCN(CCO)CC1)C1CCN(CCCCC2=C(/C=C/C3=[N+](C)C4CCC5CCCCC5C4C3(C)C)CCC/C2=C\C=C2\N(C)C3CCC4CCCCC4C3C2(C)C)CC1. The molecule has 0 bridgehead atoms. The number of allylic oxidation sites excluding steroid dienone is 8. The molecule has 4 aliphatic heterocycles. The number of fused-ring (bicyclic) bond motifs is 6. The molecule has 4 heterocycles. The summed E-state index contributed by atoms with van der Waals surface area (Å²) in [5, 5.41) is 19.0. The molecule has 446 valence electrons. The highest BCUT2D eigenvalue weighted by atomic mass is 16.5. The Bertz CT molecular complexity index is 2150. The third kappa shape index (κ3) is 13.6. The Morgan fingerprint density at radius 2 is 1.34 bits per heavy atom. The van der Waals surface area contributed by atoms with Gasteiger partial charge in [0.15, 0.2) is 11.8 Å². The predicted octanol–water partition coefficient (Wildman–Crippen LogP) is 14.8. The van der Waals surface area contributed by atoms with Crippen LogP contribution in [0.5, 0.6) is 0 Å². The van der Waals surface area contributed by atoms with Crippen LogP contribution in [0.1, 0.15) is 228 Å². The Hall–Kier alpha value is -2.26. The van der Waals surface area contributed by atoms with Crippen LogP contribution < -0.4 is 0 Å². The first-order valence-electron chi connectivity index (χ1n) is 34.1. The quantitative estimate of drug-likeness (QED) is 0.0599. The van der Waals surface area contributed by atoms with Crippen LogP contribution in [0.3, 0.4) is 0 Å². The highest BCUT2D eigenvalue weighted by molar-refractivity contribution is 5.97. The van der Waals surface area contributed by atoms with Gasteiger partial charge in [-0.1, -0.05) is 84.8 Å². The van der Waals surface area contributed by atoms with E-state index >= 15 is 0 Å². The molecule has 0 amide bonds. The number of aliphatic hydroxyl groups is 2. The van der Waals surface area contributed by atoms with Crippen molar-refractivity contribution in [2.45, 2.75) is 240 Å². The topological polar surface area (TPSA) is 79.5 Å². The normalized spacial score (nSPS) is 33.5. The molecule has 11 atom stereocenters. The Labute approximate surface area is 484 Å². The zero-order valence-electron chi connectivity index (χ0n) is 52.4. The van der Waals surface area contributed by atoms with Gasteiger partial charge in [0, 0.05) is 49.2 Å². The maximum absolute atomic E-state index is 13.2. The van der Waals surface area contributed by atoms with E-state index in [0.29, 0.717) is 23.9 Å². The van der Waals surface area contributed by atoms with Crippen molar-refractivity contribution in [3.63, 3.8) is 0 Å². The van der Waals surface area contributed by atoms with Gasteiger partial charge in [0.25, 0.3) is 0 Å². The molecule has 79 heavy (non-hydrogen) atoms. The smallest absolute Gasteiger partial charge is 0.311 e. The van der Waals surface area contributed by atoms with Crippen LogP contribution in [0.2, 0.25) is 0 Å². The Morgan fingerprint density at radius 1 is 0.709 bits per heavy atom. The lowest BCUT2D eigenvalue weighted by Gasteiger charge is -2.47. The fourth-order valence-corrected chi connectivity index (χ4v) is 20.2. The number of hydrogen-bond acceptors (Lipinski definition) is 7. The first-order chi connectivity index (χ1) is 38.1. The van der Waals surface area contributed by atoms with Gasteiger partial charge in [-0.15, -0.1) is 0 Å². The molecule has 0 aromatic carbocycles. The average Bonchev–Trinajstić information content (AvgIpc) is 3.68. The van der Waals surface area contributed by atoms with Crippen molar-refractivity contribution in [3.05, 3.63) is 46.7 Å². The van der Waals surface area contributed by atoms with Crippen LogP contribution in [0.4, 0.5) is 0 Å². The van der Waals surface area contributed by atoms with Crippen molar-refractivity contribution in [1.82, 2.24) is 14.7 Å². The molecule has 5 aliphatic carbocycles. The van der Waals surface area contributed by atoms with Crippen molar-refractivity contribution < 1.29 is 24.3 Å². The summed E-state index contributed by atoms with van der Waals surface area (Å²) >= 11 is 0. The van der Waals surface area contributed by atoms with E-state index in [0.717, 1.165) is 86.2 Å². The zero-order chi connectivity index (χ0) is 55.9. The molecule has 3 saturated heterocycles. The molecule has 9 rings (SSSR count). The lowest BCUT2D eigenvalue weighted by molar-refractivity contribution is -0.541. The number of hydrogen-bond donors (Lipinski definition) is 2. The summed E-state index contributed by atoms with van der Waals surface area (Å²) in [6.07, 6.45) is 46.8. The number of rotatable bonds is 23. The molecule has 0 aromatic rings.